The molecule has 0 saturated heterocycles. The smallest absolute Gasteiger partial charge is 0.405 e. The number of carbonyl (C=O) groups excluding carboxylic acids is 5. The molecule has 0 fully saturated rings. The molecule has 1 aromatic carbocycles. The number of alkyl halides is 3. The van der Waals surface area contributed by atoms with Crippen LogP contribution >= 0.6 is 23.2 Å². The largest absolute Gasteiger partial charge is 0.454 e. The van der Waals surface area contributed by atoms with E-state index in [0.717, 1.165) is 6.92 Å². The first kappa shape index (κ1) is 23.4. The van der Waals surface area contributed by atoms with Gasteiger partial charge < -0.3 is 10.1 Å². The van der Waals surface area contributed by atoms with Gasteiger partial charge in [-0.25, -0.2) is 9.59 Å². The standard InChI is InChI=1S/C16H12Cl2F3N3O6/c1-6(14(28)30-4-11(25)23-15(29)22-5-16(19,20)21)24-12(26)7-2-9(17)10(18)3-8(7)13(24)27/h2-3,6H,4-5H2,1H3,(H2,22,23,25,29)/t6-/m0/s1. The van der Waals surface area contributed by atoms with Crippen LogP contribution in [0.4, 0.5) is 18.0 Å². The first-order chi connectivity index (χ1) is 13.8. The van der Waals surface area contributed by atoms with Crippen molar-refractivity contribution < 1.29 is 41.9 Å². The topological polar surface area (TPSA) is 122 Å². The molecule has 162 valence electrons. The average molecular weight is 470 g/mol. The third-order valence-corrected chi connectivity index (χ3v) is 4.46. The highest BCUT2D eigenvalue weighted by Gasteiger charge is 2.42. The second kappa shape index (κ2) is 8.88. The molecule has 0 bridgehead atoms. The highest BCUT2D eigenvalue weighted by atomic mass is 35.5. The lowest BCUT2D eigenvalue weighted by atomic mass is 10.1. The molecule has 5 amide bonds. The number of carbonyl (C=O) groups is 5. The summed E-state index contributed by atoms with van der Waals surface area (Å²) in [5.41, 5.74) is -0.152. The maximum absolute atomic E-state index is 12.4. The van der Waals surface area contributed by atoms with Gasteiger partial charge in [0, 0.05) is 0 Å². The van der Waals surface area contributed by atoms with E-state index in [0.29, 0.717) is 4.90 Å². The molecule has 14 heteroatoms. The molecule has 0 spiro atoms. The van der Waals surface area contributed by atoms with E-state index in [-0.39, 0.29) is 21.2 Å². The van der Waals surface area contributed by atoms with Crippen molar-refractivity contribution in [2.24, 2.45) is 0 Å². The Morgan fingerprint density at radius 3 is 2.07 bits per heavy atom. The normalized spacial score (nSPS) is 14.3. The van der Waals surface area contributed by atoms with E-state index in [2.05, 4.69) is 4.74 Å². The van der Waals surface area contributed by atoms with Gasteiger partial charge in [0.15, 0.2) is 6.61 Å². The highest BCUT2D eigenvalue weighted by Crippen LogP contribution is 2.32. The summed E-state index contributed by atoms with van der Waals surface area (Å²) in [6, 6.07) is -0.563. The highest BCUT2D eigenvalue weighted by molar-refractivity contribution is 6.43. The van der Waals surface area contributed by atoms with Crippen LogP contribution in [0.2, 0.25) is 10.0 Å². The molecule has 9 nitrogen and oxygen atoms in total. The van der Waals surface area contributed by atoms with Crippen LogP contribution in [0.3, 0.4) is 0 Å². The average Bonchev–Trinajstić information content (AvgIpc) is 2.87. The van der Waals surface area contributed by atoms with Gasteiger partial charge in [-0.15, -0.1) is 0 Å². The van der Waals surface area contributed by atoms with Crippen molar-refractivity contribution in [1.82, 2.24) is 15.5 Å². The minimum Gasteiger partial charge on any atom is -0.454 e. The van der Waals surface area contributed by atoms with E-state index in [9.17, 15) is 37.1 Å². The van der Waals surface area contributed by atoms with Crippen molar-refractivity contribution in [2.45, 2.75) is 19.1 Å². The Hall–Kier alpha value is -2.86. The van der Waals surface area contributed by atoms with Gasteiger partial charge in [0.2, 0.25) is 0 Å². The molecule has 0 saturated carbocycles. The Bertz CT molecular complexity index is 897. The molecule has 1 heterocycles. The molecular weight excluding hydrogens is 458 g/mol. The second-order valence-electron chi connectivity index (χ2n) is 5.92. The van der Waals surface area contributed by atoms with E-state index in [1.54, 1.807) is 0 Å². The number of hydrogen-bond donors (Lipinski definition) is 2. The lowest BCUT2D eigenvalue weighted by molar-refractivity contribution is -0.151. The fraction of sp³-hybridized carbons (Fsp3) is 0.312. The Labute approximate surface area is 176 Å². The van der Waals surface area contributed by atoms with Crippen molar-refractivity contribution in [3.8, 4) is 0 Å². The number of halogens is 5. The van der Waals surface area contributed by atoms with Crippen molar-refractivity contribution in [2.75, 3.05) is 13.2 Å². The second-order valence-corrected chi connectivity index (χ2v) is 6.74. The summed E-state index contributed by atoms with van der Waals surface area (Å²) in [7, 11) is 0. The van der Waals surface area contributed by atoms with Crippen molar-refractivity contribution in [3.63, 3.8) is 0 Å². The van der Waals surface area contributed by atoms with Crippen LogP contribution in [0.15, 0.2) is 12.1 Å². The summed E-state index contributed by atoms with van der Waals surface area (Å²) in [5.74, 6) is -4.08. The zero-order valence-corrected chi connectivity index (χ0v) is 16.4. The van der Waals surface area contributed by atoms with Crippen molar-refractivity contribution >= 4 is 52.9 Å². The predicted molar refractivity (Wildman–Crippen MR) is 95.0 cm³/mol. The number of esters is 1. The number of benzene rings is 1. The first-order valence-corrected chi connectivity index (χ1v) is 8.75. The maximum atomic E-state index is 12.4. The van der Waals surface area contributed by atoms with Gasteiger partial charge in [-0.3, -0.25) is 24.6 Å². The SMILES string of the molecule is C[C@@H](C(=O)OCC(=O)NC(=O)NCC(F)(F)F)N1C(=O)c2cc(Cl)c(Cl)cc2C1=O. The molecule has 0 aromatic heterocycles. The van der Waals surface area contributed by atoms with Gasteiger partial charge in [0.25, 0.3) is 17.7 Å². The third kappa shape index (κ3) is 5.39. The lowest BCUT2D eigenvalue weighted by Gasteiger charge is -2.20. The molecule has 0 aliphatic carbocycles. The predicted octanol–water partition coefficient (Wildman–Crippen LogP) is 1.91. The minimum absolute atomic E-state index is 0.0223. The van der Waals surface area contributed by atoms with Crippen LogP contribution in [0, 0.1) is 0 Å². The summed E-state index contributed by atoms with van der Waals surface area (Å²) in [6.45, 7) is -1.55. The molecule has 0 unspecified atom stereocenters. The van der Waals surface area contributed by atoms with E-state index < -0.39 is 55.1 Å². The van der Waals surface area contributed by atoms with Gasteiger partial charge in [0.1, 0.15) is 12.6 Å². The van der Waals surface area contributed by atoms with E-state index in [1.165, 1.54) is 22.8 Å². The zero-order valence-electron chi connectivity index (χ0n) is 14.9. The zero-order chi connectivity index (χ0) is 22.8. The van der Waals surface area contributed by atoms with Crippen LogP contribution < -0.4 is 10.6 Å². The quantitative estimate of drug-likeness (QED) is 0.501. The van der Waals surface area contributed by atoms with Crippen LogP contribution in [0.5, 0.6) is 0 Å². The molecule has 1 aromatic rings. The summed E-state index contributed by atoms with van der Waals surface area (Å²) in [5, 5.41) is 2.95. The Kier molecular flexibility index (Phi) is 6.93. The van der Waals surface area contributed by atoms with Gasteiger partial charge >= 0.3 is 18.2 Å². The molecule has 2 rings (SSSR count). The van der Waals surface area contributed by atoms with Crippen LogP contribution in [-0.2, 0) is 14.3 Å². The van der Waals surface area contributed by atoms with Crippen LogP contribution in [-0.4, -0.2) is 60.0 Å². The number of nitrogens with one attached hydrogen (secondary N) is 2. The first-order valence-electron chi connectivity index (χ1n) is 8.00. The molecule has 1 aliphatic rings. The Morgan fingerprint density at radius 1 is 1.10 bits per heavy atom. The maximum Gasteiger partial charge on any atom is 0.405 e. The number of rotatable bonds is 5. The Morgan fingerprint density at radius 2 is 1.60 bits per heavy atom. The van der Waals surface area contributed by atoms with Crippen molar-refractivity contribution in [3.05, 3.63) is 33.3 Å². The Balaban J connectivity index is 1.93. The van der Waals surface area contributed by atoms with Gasteiger partial charge in [-0.05, 0) is 19.1 Å². The summed E-state index contributed by atoms with van der Waals surface area (Å²) < 4.78 is 40.6. The molecule has 0 radical (unpaired) electrons. The van der Waals surface area contributed by atoms with Gasteiger partial charge in [-0.2, -0.15) is 13.2 Å². The molecule has 2 N–H and O–H groups in total. The fourth-order valence-corrected chi connectivity index (χ4v) is 2.68. The molecule has 30 heavy (non-hydrogen) atoms. The van der Waals surface area contributed by atoms with Crippen LogP contribution in [0.25, 0.3) is 0 Å². The number of ether oxygens (including phenoxy) is 1. The number of fused-ring (bicyclic) bond motifs is 1. The number of nitrogens with zero attached hydrogens (tertiary/aromatic N) is 1. The molecule has 1 aliphatic heterocycles. The number of hydrogen-bond acceptors (Lipinski definition) is 6. The summed E-state index contributed by atoms with van der Waals surface area (Å²) in [6.07, 6.45) is -4.68. The summed E-state index contributed by atoms with van der Waals surface area (Å²) >= 11 is 11.6. The number of urea groups is 1. The van der Waals surface area contributed by atoms with Gasteiger partial charge in [-0.1, -0.05) is 23.2 Å². The number of amides is 5. The minimum atomic E-state index is -4.68. The number of imide groups is 2. The van der Waals surface area contributed by atoms with E-state index >= 15 is 0 Å². The molecule has 1 atom stereocenters. The fourth-order valence-electron chi connectivity index (χ4n) is 2.35. The van der Waals surface area contributed by atoms with Crippen LogP contribution in [0.1, 0.15) is 27.6 Å². The van der Waals surface area contributed by atoms with E-state index in [1.807, 2.05) is 0 Å². The van der Waals surface area contributed by atoms with Crippen molar-refractivity contribution in [1.29, 1.82) is 0 Å². The monoisotopic (exact) mass is 469 g/mol. The molecular formula is C16H12Cl2F3N3O6. The summed E-state index contributed by atoms with van der Waals surface area (Å²) in [4.78, 5) is 60.2. The van der Waals surface area contributed by atoms with E-state index in [4.69, 9.17) is 23.2 Å². The van der Waals surface area contributed by atoms with Gasteiger partial charge in [0.05, 0.1) is 21.2 Å². The third-order valence-electron chi connectivity index (χ3n) is 3.74. The lowest BCUT2D eigenvalue weighted by Crippen LogP contribution is -2.46.